The van der Waals surface area contributed by atoms with Gasteiger partial charge in [-0.2, -0.15) is 5.10 Å². The van der Waals surface area contributed by atoms with Gasteiger partial charge >= 0.3 is 0 Å². The summed E-state index contributed by atoms with van der Waals surface area (Å²) in [5.74, 6) is 1.56. The molecule has 274 valence electrons. The van der Waals surface area contributed by atoms with Gasteiger partial charge in [-0.1, -0.05) is 158 Å². The van der Waals surface area contributed by atoms with Crippen molar-refractivity contribution in [1.29, 1.82) is 0 Å². The van der Waals surface area contributed by atoms with Crippen LogP contribution in [0.15, 0.2) is 200 Å². The van der Waals surface area contributed by atoms with E-state index in [2.05, 4.69) is 185 Å². The number of hydrogen-bond acceptors (Lipinski definition) is 3. The fourth-order valence-electron chi connectivity index (χ4n) is 8.43. The summed E-state index contributed by atoms with van der Waals surface area (Å²) in [6.07, 6.45) is 4.50. The Morgan fingerprint density at radius 1 is 0.414 bits per heavy atom. The zero-order valence-electron chi connectivity index (χ0n) is 31.7. The molecule has 5 heteroatoms. The number of para-hydroxylation sites is 3. The van der Waals surface area contributed by atoms with Crippen LogP contribution in [0, 0.1) is 0 Å². The maximum absolute atomic E-state index is 5.05. The van der Waals surface area contributed by atoms with Crippen LogP contribution in [-0.2, 0) is 6.54 Å². The third-order valence-corrected chi connectivity index (χ3v) is 11.1. The molecule has 2 aromatic heterocycles. The van der Waals surface area contributed by atoms with Gasteiger partial charge in [-0.25, -0.2) is 9.67 Å². The molecule has 0 fully saturated rings. The molecular weight excluding hydrogens is 707 g/mol. The lowest BCUT2D eigenvalue weighted by Gasteiger charge is -2.28. The first-order valence-electron chi connectivity index (χ1n) is 19.7. The molecule has 0 spiro atoms. The SMILES string of the molecule is C1=Cc2cc(-c3ccc4c5ccccc5n(-c5ccccc5)c4c3)ccc2N(c2cccc(Cn3nc(-c4ccccc4)nc3-c3ccccc3)c2)c2ccccc21. The van der Waals surface area contributed by atoms with Gasteiger partial charge in [0.1, 0.15) is 0 Å². The molecule has 5 nitrogen and oxygen atoms in total. The maximum Gasteiger partial charge on any atom is 0.181 e. The third kappa shape index (κ3) is 5.89. The van der Waals surface area contributed by atoms with Crippen LogP contribution >= 0.6 is 0 Å². The molecule has 0 saturated carbocycles. The van der Waals surface area contributed by atoms with Crippen molar-refractivity contribution in [3.63, 3.8) is 0 Å². The number of hydrogen-bond donors (Lipinski definition) is 0. The molecular formula is C53H37N5. The lowest BCUT2D eigenvalue weighted by molar-refractivity contribution is 0.695. The van der Waals surface area contributed by atoms with Crippen LogP contribution in [0.25, 0.3) is 73.5 Å². The summed E-state index contributed by atoms with van der Waals surface area (Å²) < 4.78 is 4.41. The van der Waals surface area contributed by atoms with Crippen molar-refractivity contribution in [3.8, 4) is 39.6 Å². The van der Waals surface area contributed by atoms with Gasteiger partial charge in [-0.05, 0) is 82.4 Å². The molecule has 0 amide bonds. The smallest absolute Gasteiger partial charge is 0.181 e. The minimum Gasteiger partial charge on any atom is -0.309 e. The van der Waals surface area contributed by atoms with Crippen molar-refractivity contribution >= 4 is 51.0 Å². The van der Waals surface area contributed by atoms with Crippen molar-refractivity contribution in [2.24, 2.45) is 0 Å². The molecule has 0 aliphatic carbocycles. The Kier molecular flexibility index (Phi) is 8.14. The van der Waals surface area contributed by atoms with E-state index in [1.807, 2.05) is 41.1 Å². The van der Waals surface area contributed by atoms with E-state index in [1.165, 1.54) is 32.9 Å². The largest absolute Gasteiger partial charge is 0.309 e. The van der Waals surface area contributed by atoms with Crippen LogP contribution in [0.3, 0.4) is 0 Å². The Hall–Kier alpha value is -7.76. The van der Waals surface area contributed by atoms with Crippen LogP contribution in [-0.4, -0.2) is 19.3 Å². The van der Waals surface area contributed by atoms with Crippen molar-refractivity contribution in [2.45, 2.75) is 6.54 Å². The number of rotatable bonds is 7. The van der Waals surface area contributed by atoms with E-state index in [0.29, 0.717) is 12.4 Å². The Morgan fingerprint density at radius 2 is 1.05 bits per heavy atom. The van der Waals surface area contributed by atoms with Gasteiger partial charge in [0.2, 0.25) is 0 Å². The van der Waals surface area contributed by atoms with E-state index < -0.39 is 0 Å². The van der Waals surface area contributed by atoms with Crippen molar-refractivity contribution < 1.29 is 0 Å². The molecule has 11 rings (SSSR count). The Balaban J connectivity index is 0.999. The van der Waals surface area contributed by atoms with Gasteiger partial charge < -0.3 is 9.47 Å². The quantitative estimate of drug-likeness (QED) is 0.163. The van der Waals surface area contributed by atoms with Gasteiger partial charge in [0.25, 0.3) is 0 Å². The Morgan fingerprint density at radius 3 is 1.90 bits per heavy atom. The highest BCUT2D eigenvalue weighted by atomic mass is 15.3. The van der Waals surface area contributed by atoms with Crippen LogP contribution in [0.5, 0.6) is 0 Å². The predicted molar refractivity (Wildman–Crippen MR) is 240 cm³/mol. The highest BCUT2D eigenvalue weighted by Crippen LogP contribution is 2.44. The normalized spacial score (nSPS) is 12.1. The number of benzene rings is 8. The zero-order chi connectivity index (χ0) is 38.4. The van der Waals surface area contributed by atoms with Gasteiger partial charge in [-0.3, -0.25) is 0 Å². The van der Waals surface area contributed by atoms with E-state index in [1.54, 1.807) is 0 Å². The van der Waals surface area contributed by atoms with E-state index >= 15 is 0 Å². The topological polar surface area (TPSA) is 38.9 Å². The molecule has 1 aliphatic heterocycles. The van der Waals surface area contributed by atoms with Gasteiger partial charge in [0.15, 0.2) is 11.6 Å². The highest BCUT2D eigenvalue weighted by molar-refractivity contribution is 6.10. The number of fused-ring (bicyclic) bond motifs is 5. The summed E-state index contributed by atoms with van der Waals surface area (Å²) in [5.41, 5.74) is 14.7. The molecule has 10 aromatic rings. The highest BCUT2D eigenvalue weighted by Gasteiger charge is 2.22. The summed E-state index contributed by atoms with van der Waals surface area (Å²) in [6.45, 7) is 0.569. The molecule has 0 unspecified atom stereocenters. The summed E-state index contributed by atoms with van der Waals surface area (Å²) in [5, 5.41) is 7.56. The lowest BCUT2D eigenvalue weighted by Crippen LogP contribution is -2.12. The molecule has 0 atom stereocenters. The van der Waals surface area contributed by atoms with Crippen LogP contribution < -0.4 is 4.90 Å². The molecule has 0 saturated heterocycles. The monoisotopic (exact) mass is 743 g/mol. The molecule has 3 heterocycles. The van der Waals surface area contributed by atoms with Crippen LogP contribution in [0.4, 0.5) is 17.1 Å². The summed E-state index contributed by atoms with van der Waals surface area (Å²) in [4.78, 5) is 7.44. The first-order valence-corrected chi connectivity index (χ1v) is 19.7. The molecule has 1 aliphatic rings. The van der Waals surface area contributed by atoms with E-state index in [9.17, 15) is 0 Å². The maximum atomic E-state index is 5.05. The minimum absolute atomic E-state index is 0.569. The standard InChI is InChI=1S/C53H37N5/c1-4-17-39(18-5-1)52-54-53(40-19-6-2-7-20-40)56(55-52)36-37-15-14-23-45(33-37)58-48-25-12-10-16-38(48)27-28-43-34-41(30-32-49(43)58)42-29-31-47-46-24-11-13-26-50(46)57(51(47)35-42)44-21-8-3-9-22-44/h1-35H,36H2. The third-order valence-electron chi connectivity index (χ3n) is 11.1. The summed E-state index contributed by atoms with van der Waals surface area (Å²) in [6, 6.07) is 71.1. The van der Waals surface area contributed by atoms with E-state index in [-0.39, 0.29) is 0 Å². The lowest BCUT2D eigenvalue weighted by atomic mass is 9.99. The number of nitrogens with zero attached hydrogens (tertiary/aromatic N) is 5. The summed E-state index contributed by atoms with van der Waals surface area (Å²) in [7, 11) is 0. The Labute approximate surface area is 337 Å². The van der Waals surface area contributed by atoms with Gasteiger partial charge in [0, 0.05) is 33.3 Å². The average Bonchev–Trinajstić information content (AvgIpc) is 3.81. The van der Waals surface area contributed by atoms with Crippen molar-refractivity contribution in [2.75, 3.05) is 4.90 Å². The molecule has 0 radical (unpaired) electrons. The fourth-order valence-corrected chi connectivity index (χ4v) is 8.43. The van der Waals surface area contributed by atoms with E-state index in [0.717, 1.165) is 56.4 Å². The number of aromatic nitrogens is 4. The first kappa shape index (κ1) is 33.6. The van der Waals surface area contributed by atoms with E-state index in [4.69, 9.17) is 10.1 Å². The fraction of sp³-hybridized carbons (Fsp3) is 0.0189. The minimum atomic E-state index is 0.569. The Bertz CT molecular complexity index is 3140. The van der Waals surface area contributed by atoms with Crippen LogP contribution in [0.2, 0.25) is 0 Å². The second-order valence-corrected chi connectivity index (χ2v) is 14.7. The molecule has 0 bridgehead atoms. The predicted octanol–water partition coefficient (Wildman–Crippen LogP) is 13.4. The van der Waals surface area contributed by atoms with Gasteiger partial charge in [0.05, 0.1) is 29.0 Å². The molecule has 58 heavy (non-hydrogen) atoms. The van der Waals surface area contributed by atoms with Crippen molar-refractivity contribution in [3.05, 3.63) is 217 Å². The zero-order valence-corrected chi connectivity index (χ0v) is 31.7. The second-order valence-electron chi connectivity index (χ2n) is 14.7. The van der Waals surface area contributed by atoms with Gasteiger partial charge in [-0.15, -0.1) is 0 Å². The number of anilines is 3. The van der Waals surface area contributed by atoms with Crippen molar-refractivity contribution in [1.82, 2.24) is 19.3 Å². The first-order chi connectivity index (χ1) is 28.7. The molecule has 8 aromatic carbocycles. The van der Waals surface area contributed by atoms with Crippen LogP contribution in [0.1, 0.15) is 16.7 Å². The summed E-state index contributed by atoms with van der Waals surface area (Å²) >= 11 is 0. The average molecular weight is 744 g/mol. The molecule has 0 N–H and O–H groups in total. The second kappa shape index (κ2) is 14.1.